The van der Waals surface area contributed by atoms with Gasteiger partial charge in [0.05, 0.1) is 5.92 Å². The number of carbonyl (C=O) groups excluding carboxylic acids is 1. The van der Waals surface area contributed by atoms with E-state index in [1.54, 1.807) is 4.90 Å². The number of carboxylic acids is 1. The Labute approximate surface area is 119 Å². The van der Waals surface area contributed by atoms with Gasteiger partial charge in [-0.2, -0.15) is 0 Å². The van der Waals surface area contributed by atoms with Crippen LogP contribution in [0.25, 0.3) is 0 Å². The second-order valence-corrected chi connectivity index (χ2v) is 5.91. The summed E-state index contributed by atoms with van der Waals surface area (Å²) in [6, 6.07) is 7.59. The molecule has 108 valence electrons. The van der Waals surface area contributed by atoms with E-state index in [1.165, 1.54) is 5.56 Å². The summed E-state index contributed by atoms with van der Waals surface area (Å²) in [5.74, 6) is -0.901. The van der Waals surface area contributed by atoms with Crippen LogP contribution in [0.2, 0.25) is 0 Å². The number of carbonyl (C=O) groups is 2. The van der Waals surface area contributed by atoms with Crippen molar-refractivity contribution in [3.8, 4) is 0 Å². The topological polar surface area (TPSA) is 57.6 Å². The van der Waals surface area contributed by atoms with E-state index in [-0.39, 0.29) is 11.8 Å². The molecule has 1 aromatic carbocycles. The molecule has 0 aliphatic carbocycles. The van der Waals surface area contributed by atoms with E-state index in [0.29, 0.717) is 24.6 Å². The number of likely N-dealkylation sites (tertiary alicyclic amines) is 1. The van der Waals surface area contributed by atoms with Crippen molar-refractivity contribution in [3.63, 3.8) is 0 Å². The highest BCUT2D eigenvalue weighted by Crippen LogP contribution is 2.25. The van der Waals surface area contributed by atoms with Crippen LogP contribution in [-0.4, -0.2) is 35.0 Å². The van der Waals surface area contributed by atoms with Gasteiger partial charge in [-0.1, -0.05) is 32.9 Å². The van der Waals surface area contributed by atoms with Crippen LogP contribution in [0, 0.1) is 11.8 Å². The van der Waals surface area contributed by atoms with Gasteiger partial charge in [0.25, 0.3) is 5.91 Å². The SMILES string of the molecule is CC(C)c1ccc(C(=O)N2CC(C)C(C(=O)O)C2)cc1. The fraction of sp³-hybridized carbons (Fsp3) is 0.500. The monoisotopic (exact) mass is 275 g/mol. The summed E-state index contributed by atoms with van der Waals surface area (Å²) in [6.07, 6.45) is 0. The van der Waals surface area contributed by atoms with Crippen LogP contribution >= 0.6 is 0 Å². The molecule has 0 bridgehead atoms. The first-order chi connectivity index (χ1) is 9.40. The molecule has 4 heteroatoms. The van der Waals surface area contributed by atoms with Crippen molar-refractivity contribution in [2.75, 3.05) is 13.1 Å². The molecule has 1 aliphatic rings. The maximum atomic E-state index is 12.4. The first-order valence-corrected chi connectivity index (χ1v) is 7.02. The Bertz CT molecular complexity index is 507. The van der Waals surface area contributed by atoms with Gasteiger partial charge in [0.1, 0.15) is 0 Å². The predicted octanol–water partition coefficient (Wildman–Crippen LogP) is 2.60. The number of hydrogen-bond donors (Lipinski definition) is 1. The molecule has 1 fully saturated rings. The lowest BCUT2D eigenvalue weighted by Crippen LogP contribution is -2.29. The number of aliphatic carboxylic acids is 1. The van der Waals surface area contributed by atoms with Gasteiger partial charge in [0, 0.05) is 18.7 Å². The molecule has 1 aliphatic heterocycles. The molecule has 20 heavy (non-hydrogen) atoms. The largest absolute Gasteiger partial charge is 0.481 e. The fourth-order valence-electron chi connectivity index (χ4n) is 2.65. The highest BCUT2D eigenvalue weighted by Gasteiger charge is 2.37. The molecule has 1 amide bonds. The second-order valence-electron chi connectivity index (χ2n) is 5.91. The van der Waals surface area contributed by atoms with Crippen LogP contribution in [0.3, 0.4) is 0 Å². The minimum absolute atomic E-state index is 0.00591. The maximum Gasteiger partial charge on any atom is 0.308 e. The van der Waals surface area contributed by atoms with Gasteiger partial charge in [-0.15, -0.1) is 0 Å². The Morgan fingerprint density at radius 3 is 2.25 bits per heavy atom. The average Bonchev–Trinajstić information content (AvgIpc) is 2.80. The Kier molecular flexibility index (Phi) is 4.12. The van der Waals surface area contributed by atoms with Crippen LogP contribution < -0.4 is 0 Å². The van der Waals surface area contributed by atoms with Crippen molar-refractivity contribution in [3.05, 3.63) is 35.4 Å². The van der Waals surface area contributed by atoms with Gasteiger partial charge < -0.3 is 10.0 Å². The number of carboxylic acid groups (broad SMARTS) is 1. The van der Waals surface area contributed by atoms with Crippen molar-refractivity contribution in [2.45, 2.75) is 26.7 Å². The van der Waals surface area contributed by atoms with E-state index in [4.69, 9.17) is 5.11 Å². The molecular formula is C16H21NO3. The minimum atomic E-state index is -0.817. The molecule has 0 aromatic heterocycles. The number of hydrogen-bond acceptors (Lipinski definition) is 2. The molecule has 1 aromatic rings. The van der Waals surface area contributed by atoms with Crippen molar-refractivity contribution < 1.29 is 14.7 Å². The standard InChI is InChI=1S/C16H21NO3/c1-10(2)12-4-6-13(7-5-12)15(18)17-8-11(3)14(9-17)16(19)20/h4-7,10-11,14H,8-9H2,1-3H3,(H,19,20). The fourth-order valence-corrected chi connectivity index (χ4v) is 2.65. The first kappa shape index (κ1) is 14.6. The Balaban J connectivity index is 2.10. The van der Waals surface area contributed by atoms with Crippen molar-refractivity contribution >= 4 is 11.9 Å². The highest BCUT2D eigenvalue weighted by molar-refractivity contribution is 5.94. The van der Waals surface area contributed by atoms with Crippen LogP contribution in [0.5, 0.6) is 0 Å². The van der Waals surface area contributed by atoms with E-state index in [1.807, 2.05) is 31.2 Å². The smallest absolute Gasteiger partial charge is 0.308 e. The van der Waals surface area contributed by atoms with Gasteiger partial charge in [0.15, 0.2) is 0 Å². The predicted molar refractivity (Wildman–Crippen MR) is 76.7 cm³/mol. The van der Waals surface area contributed by atoms with E-state index in [2.05, 4.69) is 13.8 Å². The zero-order valence-corrected chi connectivity index (χ0v) is 12.2. The molecule has 2 atom stereocenters. The lowest BCUT2D eigenvalue weighted by Gasteiger charge is -2.16. The summed E-state index contributed by atoms with van der Waals surface area (Å²) in [5.41, 5.74) is 1.83. The zero-order chi connectivity index (χ0) is 14.9. The quantitative estimate of drug-likeness (QED) is 0.922. The lowest BCUT2D eigenvalue weighted by atomic mass is 9.99. The van der Waals surface area contributed by atoms with Gasteiger partial charge in [-0.25, -0.2) is 0 Å². The number of benzene rings is 1. The van der Waals surface area contributed by atoms with Crippen molar-refractivity contribution in [1.82, 2.24) is 4.90 Å². The van der Waals surface area contributed by atoms with Gasteiger partial charge >= 0.3 is 5.97 Å². The highest BCUT2D eigenvalue weighted by atomic mass is 16.4. The molecule has 1 N–H and O–H groups in total. The van der Waals surface area contributed by atoms with Crippen LogP contribution in [0.4, 0.5) is 0 Å². The Morgan fingerprint density at radius 1 is 1.20 bits per heavy atom. The molecule has 0 saturated carbocycles. The molecule has 4 nitrogen and oxygen atoms in total. The minimum Gasteiger partial charge on any atom is -0.481 e. The summed E-state index contributed by atoms with van der Waals surface area (Å²) in [7, 11) is 0. The third kappa shape index (κ3) is 2.84. The molecule has 1 heterocycles. The Hall–Kier alpha value is -1.84. The number of amides is 1. The summed E-state index contributed by atoms with van der Waals surface area (Å²) in [4.78, 5) is 25.1. The summed E-state index contributed by atoms with van der Waals surface area (Å²) >= 11 is 0. The normalized spacial score (nSPS) is 22.3. The van der Waals surface area contributed by atoms with E-state index in [0.717, 1.165) is 0 Å². The Morgan fingerprint density at radius 2 is 1.80 bits per heavy atom. The first-order valence-electron chi connectivity index (χ1n) is 7.02. The third-order valence-corrected chi connectivity index (χ3v) is 4.04. The van der Waals surface area contributed by atoms with Gasteiger partial charge in [0.2, 0.25) is 0 Å². The number of nitrogens with zero attached hydrogens (tertiary/aromatic N) is 1. The van der Waals surface area contributed by atoms with Crippen molar-refractivity contribution in [2.24, 2.45) is 11.8 Å². The van der Waals surface area contributed by atoms with Gasteiger partial charge in [-0.05, 0) is 29.5 Å². The summed E-state index contributed by atoms with van der Waals surface area (Å²) in [5, 5.41) is 9.11. The zero-order valence-electron chi connectivity index (χ0n) is 12.2. The molecule has 2 unspecified atom stereocenters. The van der Waals surface area contributed by atoms with Gasteiger partial charge in [-0.3, -0.25) is 9.59 Å². The maximum absolute atomic E-state index is 12.4. The molecule has 0 spiro atoms. The molecular weight excluding hydrogens is 254 g/mol. The van der Waals surface area contributed by atoms with Crippen LogP contribution in [0.1, 0.15) is 42.6 Å². The number of rotatable bonds is 3. The summed E-state index contributed by atoms with van der Waals surface area (Å²) in [6.45, 7) is 6.92. The molecule has 1 saturated heterocycles. The van der Waals surface area contributed by atoms with E-state index < -0.39 is 11.9 Å². The van der Waals surface area contributed by atoms with E-state index >= 15 is 0 Å². The van der Waals surface area contributed by atoms with Crippen molar-refractivity contribution in [1.29, 1.82) is 0 Å². The molecule has 2 rings (SSSR count). The third-order valence-electron chi connectivity index (χ3n) is 4.04. The van der Waals surface area contributed by atoms with E-state index in [9.17, 15) is 9.59 Å². The van der Waals surface area contributed by atoms with Crippen LogP contribution in [-0.2, 0) is 4.79 Å². The second kappa shape index (κ2) is 5.65. The molecule has 0 radical (unpaired) electrons. The van der Waals surface area contributed by atoms with Crippen LogP contribution in [0.15, 0.2) is 24.3 Å². The summed E-state index contributed by atoms with van der Waals surface area (Å²) < 4.78 is 0. The average molecular weight is 275 g/mol. The lowest BCUT2D eigenvalue weighted by molar-refractivity contribution is -0.142.